The van der Waals surface area contributed by atoms with Gasteiger partial charge in [-0.3, -0.25) is 9.59 Å². The van der Waals surface area contributed by atoms with E-state index in [2.05, 4.69) is 5.73 Å². The average molecular weight is 125 g/mol. The third-order valence-electron chi connectivity index (χ3n) is 0.423. The molecule has 0 heterocycles. The van der Waals surface area contributed by atoms with E-state index in [4.69, 9.17) is 0 Å². The minimum atomic E-state index is -0.562. The molecule has 0 aromatic heterocycles. The molecule has 0 radical (unpaired) electrons. The Bertz CT molecular complexity index is 94.7. The van der Waals surface area contributed by atoms with Gasteiger partial charge in [0, 0.05) is 0 Å². The van der Waals surface area contributed by atoms with Crippen LogP contribution >= 0.6 is 0 Å². The van der Waals surface area contributed by atoms with Crippen LogP contribution in [0, 0.1) is 0 Å². The molecule has 0 aromatic carbocycles. The standard InChI is InChI=1S/C4H7NO2.Na.H/c1-3(6)2-4(5)7;;/h2H2,1H3,(H2,5,7);;/q;+1;-1. The van der Waals surface area contributed by atoms with Crippen molar-refractivity contribution in [2.75, 3.05) is 0 Å². The molecule has 0 saturated heterocycles. The first kappa shape index (κ1) is 11.0. The molecule has 0 aliphatic rings. The summed E-state index contributed by atoms with van der Waals surface area (Å²) < 4.78 is 0. The van der Waals surface area contributed by atoms with E-state index in [-0.39, 0.29) is 43.2 Å². The number of Topliss-reactive ketones (excluding diaryl/α,β-unsaturated/α-hetero) is 1. The maximum Gasteiger partial charge on any atom is 1.00 e. The number of primary amides is 1. The van der Waals surface area contributed by atoms with Gasteiger partial charge >= 0.3 is 29.6 Å². The van der Waals surface area contributed by atoms with Crippen molar-refractivity contribution in [1.29, 1.82) is 0 Å². The van der Waals surface area contributed by atoms with Gasteiger partial charge in [-0.1, -0.05) is 0 Å². The molecule has 0 fully saturated rings. The number of rotatable bonds is 2. The fourth-order valence-corrected chi connectivity index (χ4v) is 0.245. The molecule has 0 aliphatic heterocycles. The number of ketones is 1. The van der Waals surface area contributed by atoms with Crippen molar-refractivity contribution < 1.29 is 40.6 Å². The van der Waals surface area contributed by atoms with Gasteiger partial charge in [0.15, 0.2) is 0 Å². The van der Waals surface area contributed by atoms with Gasteiger partial charge in [0.05, 0.1) is 6.42 Å². The molecule has 0 unspecified atom stereocenters. The third kappa shape index (κ3) is 9.46. The van der Waals surface area contributed by atoms with Crippen molar-refractivity contribution in [1.82, 2.24) is 0 Å². The van der Waals surface area contributed by atoms with Crippen LogP contribution in [0.25, 0.3) is 0 Å². The summed E-state index contributed by atoms with van der Waals surface area (Å²) >= 11 is 0. The first-order chi connectivity index (χ1) is 3.13. The molecule has 1 amide bonds. The Kier molecular flexibility index (Phi) is 7.26. The quantitative estimate of drug-likeness (QED) is 0.308. The van der Waals surface area contributed by atoms with Crippen molar-refractivity contribution in [3.8, 4) is 0 Å². The number of amides is 1. The van der Waals surface area contributed by atoms with E-state index < -0.39 is 5.91 Å². The molecule has 2 N–H and O–H groups in total. The van der Waals surface area contributed by atoms with Crippen LogP contribution in [-0.2, 0) is 9.59 Å². The van der Waals surface area contributed by atoms with Crippen LogP contribution in [0.2, 0.25) is 0 Å². The number of hydrogen-bond acceptors (Lipinski definition) is 2. The van der Waals surface area contributed by atoms with Crippen LogP contribution in [0.15, 0.2) is 0 Å². The number of carbonyl (C=O) groups is 2. The summed E-state index contributed by atoms with van der Waals surface area (Å²) in [4.78, 5) is 19.8. The summed E-state index contributed by atoms with van der Waals surface area (Å²) in [6, 6.07) is 0. The van der Waals surface area contributed by atoms with Crippen molar-refractivity contribution in [3.63, 3.8) is 0 Å². The first-order valence-electron chi connectivity index (χ1n) is 1.90. The van der Waals surface area contributed by atoms with Crippen molar-refractivity contribution >= 4 is 11.7 Å². The predicted molar refractivity (Wildman–Crippen MR) is 25.6 cm³/mol. The first-order valence-corrected chi connectivity index (χ1v) is 1.90. The van der Waals surface area contributed by atoms with E-state index in [1.807, 2.05) is 0 Å². The van der Waals surface area contributed by atoms with E-state index >= 15 is 0 Å². The molecule has 0 aliphatic carbocycles. The molecule has 0 spiro atoms. The Morgan fingerprint density at radius 3 is 2.00 bits per heavy atom. The fraction of sp³-hybridized carbons (Fsp3) is 0.500. The van der Waals surface area contributed by atoms with Gasteiger partial charge in [-0.15, -0.1) is 0 Å². The Labute approximate surface area is 71.4 Å². The largest absolute Gasteiger partial charge is 1.00 e. The summed E-state index contributed by atoms with van der Waals surface area (Å²) in [6.07, 6.45) is -0.139. The Hall–Kier alpha value is 0.140. The van der Waals surface area contributed by atoms with Crippen LogP contribution in [0.5, 0.6) is 0 Å². The Morgan fingerprint density at radius 2 is 2.00 bits per heavy atom. The van der Waals surface area contributed by atoms with E-state index in [1.165, 1.54) is 6.92 Å². The monoisotopic (exact) mass is 125 g/mol. The summed E-state index contributed by atoms with van der Waals surface area (Å²) in [7, 11) is 0. The van der Waals surface area contributed by atoms with Gasteiger partial charge in [0.1, 0.15) is 5.78 Å². The van der Waals surface area contributed by atoms with Gasteiger partial charge in [-0.25, -0.2) is 0 Å². The zero-order valence-corrected chi connectivity index (χ0v) is 7.10. The van der Waals surface area contributed by atoms with Crippen LogP contribution < -0.4 is 35.3 Å². The molecule has 0 saturated carbocycles. The second-order valence-corrected chi connectivity index (χ2v) is 1.35. The summed E-state index contributed by atoms with van der Waals surface area (Å²) in [5.74, 6) is -0.750. The SMILES string of the molecule is CC(=O)CC(N)=O.[H-].[Na+]. The number of nitrogens with two attached hydrogens (primary N) is 1. The van der Waals surface area contributed by atoms with Gasteiger partial charge in [-0.05, 0) is 6.92 Å². The summed E-state index contributed by atoms with van der Waals surface area (Å²) in [5.41, 5.74) is 4.63. The van der Waals surface area contributed by atoms with E-state index in [0.717, 1.165) is 0 Å². The smallest absolute Gasteiger partial charge is 1.00 e. The van der Waals surface area contributed by atoms with Gasteiger partial charge < -0.3 is 7.16 Å². The number of carbonyl (C=O) groups excluding carboxylic acids is 2. The molecule has 0 aromatic rings. The maximum absolute atomic E-state index is 9.95. The molecule has 0 bridgehead atoms. The minimum absolute atomic E-state index is 0. The molecule has 4 heteroatoms. The molecule has 0 atom stereocenters. The third-order valence-corrected chi connectivity index (χ3v) is 0.423. The van der Waals surface area contributed by atoms with E-state index in [1.54, 1.807) is 0 Å². The Balaban J connectivity index is -0.000000180. The van der Waals surface area contributed by atoms with Crippen LogP contribution in [0.3, 0.4) is 0 Å². The van der Waals surface area contributed by atoms with Crippen LogP contribution in [-0.4, -0.2) is 11.7 Å². The molecule has 0 rings (SSSR count). The molecule has 8 heavy (non-hydrogen) atoms. The summed E-state index contributed by atoms with van der Waals surface area (Å²) in [6.45, 7) is 1.32. The second kappa shape index (κ2) is 5.28. The van der Waals surface area contributed by atoms with Gasteiger partial charge in [-0.2, -0.15) is 0 Å². The number of hydrogen-bond donors (Lipinski definition) is 1. The molecule has 3 nitrogen and oxygen atoms in total. The van der Waals surface area contributed by atoms with Crippen LogP contribution in [0.1, 0.15) is 14.8 Å². The normalized spacial score (nSPS) is 7.12. The average Bonchev–Trinajstić information content (AvgIpc) is 1.27. The van der Waals surface area contributed by atoms with E-state index in [0.29, 0.717) is 0 Å². The van der Waals surface area contributed by atoms with Gasteiger partial charge in [0.2, 0.25) is 5.91 Å². The fourth-order valence-electron chi connectivity index (χ4n) is 0.245. The predicted octanol–water partition coefficient (Wildman–Crippen LogP) is -3.43. The minimum Gasteiger partial charge on any atom is -1.00 e. The van der Waals surface area contributed by atoms with Crippen LogP contribution in [0.4, 0.5) is 0 Å². The van der Waals surface area contributed by atoms with Crippen molar-refractivity contribution in [3.05, 3.63) is 0 Å². The van der Waals surface area contributed by atoms with Crippen molar-refractivity contribution in [2.24, 2.45) is 5.73 Å². The zero-order valence-electron chi connectivity index (χ0n) is 6.10. The second-order valence-electron chi connectivity index (χ2n) is 1.35. The van der Waals surface area contributed by atoms with Crippen molar-refractivity contribution in [2.45, 2.75) is 13.3 Å². The summed E-state index contributed by atoms with van der Waals surface area (Å²) in [5, 5.41) is 0. The molecular formula is C4H8NNaO2. The topological polar surface area (TPSA) is 60.2 Å². The molecular weight excluding hydrogens is 117 g/mol. The molecule has 42 valence electrons. The zero-order chi connectivity index (χ0) is 5.86. The maximum atomic E-state index is 9.95. The van der Waals surface area contributed by atoms with Gasteiger partial charge in [0.25, 0.3) is 0 Å². The van der Waals surface area contributed by atoms with E-state index in [9.17, 15) is 9.59 Å². The Morgan fingerprint density at radius 1 is 1.62 bits per heavy atom.